The van der Waals surface area contributed by atoms with Crippen LogP contribution in [0.2, 0.25) is 0 Å². The highest BCUT2D eigenvalue weighted by molar-refractivity contribution is 8.15. The maximum absolute atomic E-state index is 14.7. The highest BCUT2D eigenvalue weighted by atomic mass is 32.2. The fourth-order valence-electron chi connectivity index (χ4n) is 3.62. The van der Waals surface area contributed by atoms with Crippen molar-refractivity contribution in [3.05, 3.63) is 71.3 Å². The first-order valence-electron chi connectivity index (χ1n) is 10.5. The molecular formula is C23H27F2N5O3S. The van der Waals surface area contributed by atoms with Gasteiger partial charge in [0.15, 0.2) is 0 Å². The molecule has 2 atom stereocenters. The number of benzene rings is 2. The van der Waals surface area contributed by atoms with Crippen molar-refractivity contribution >= 4 is 28.7 Å². The van der Waals surface area contributed by atoms with Crippen LogP contribution in [0.15, 0.2) is 53.6 Å². The second-order valence-corrected chi connectivity index (χ2v) is 8.85. The molecule has 0 bridgehead atoms. The van der Waals surface area contributed by atoms with Gasteiger partial charge in [-0.05, 0) is 43.5 Å². The Labute approximate surface area is 201 Å². The molecule has 0 aromatic heterocycles. The summed E-state index contributed by atoms with van der Waals surface area (Å²) in [5.74, 6) is -1.95. The van der Waals surface area contributed by atoms with E-state index in [1.165, 1.54) is 36.1 Å². The minimum atomic E-state index is -1.07. The van der Waals surface area contributed by atoms with Gasteiger partial charge in [-0.3, -0.25) is 15.0 Å². The molecule has 8 nitrogen and oxygen atoms in total. The molecule has 0 saturated heterocycles. The van der Waals surface area contributed by atoms with Gasteiger partial charge in [-0.25, -0.2) is 18.9 Å². The number of methoxy groups -OCH3 is 1. The van der Waals surface area contributed by atoms with E-state index < -0.39 is 28.5 Å². The van der Waals surface area contributed by atoms with Gasteiger partial charge >= 0.3 is 0 Å². The molecule has 182 valence electrons. The van der Waals surface area contributed by atoms with E-state index in [1.807, 2.05) is 30.3 Å². The van der Waals surface area contributed by atoms with Gasteiger partial charge in [-0.15, -0.1) is 0 Å². The van der Waals surface area contributed by atoms with Crippen molar-refractivity contribution in [3.63, 3.8) is 0 Å². The molecule has 3 rings (SSSR count). The number of amides is 1. The molecule has 1 aliphatic heterocycles. The Balaban J connectivity index is 2.08. The number of nitrogens with two attached hydrogens (primary N) is 1. The van der Waals surface area contributed by atoms with Gasteiger partial charge in [0.25, 0.3) is 5.91 Å². The summed E-state index contributed by atoms with van der Waals surface area (Å²) in [6, 6.07) is 12.3. The van der Waals surface area contributed by atoms with Gasteiger partial charge in [0.05, 0.1) is 7.11 Å². The number of hydroxylamine groups is 2. The molecule has 1 heterocycles. The standard InChI is InChI=1S/C23H27F2N5O3S/c1-15(32-2)21(31)30-23(16-8-5-4-6-9-16,12-7-13-29(33-3)22(26)27)34-20(28-30)18-14-17(24)10-11-19(18)25/h4-6,8-11,14-15H,7,12-13H2,1-3H3,(H3,26,27). The molecule has 0 spiro atoms. The highest BCUT2D eigenvalue weighted by Crippen LogP contribution is 2.51. The van der Waals surface area contributed by atoms with Crippen molar-refractivity contribution in [1.29, 1.82) is 5.41 Å². The quantitative estimate of drug-likeness (QED) is 0.315. The Morgan fingerprint density at radius 1 is 1.26 bits per heavy atom. The van der Waals surface area contributed by atoms with Crippen LogP contribution < -0.4 is 5.73 Å². The third-order valence-corrected chi connectivity index (χ3v) is 6.90. The molecular weight excluding hydrogens is 464 g/mol. The van der Waals surface area contributed by atoms with E-state index in [0.717, 1.165) is 23.8 Å². The average molecular weight is 492 g/mol. The number of nitrogens with zero attached hydrogens (tertiary/aromatic N) is 3. The molecule has 2 unspecified atom stereocenters. The average Bonchev–Trinajstić information content (AvgIpc) is 3.23. The zero-order valence-corrected chi connectivity index (χ0v) is 19.9. The number of rotatable bonds is 9. The molecule has 2 aromatic rings. The van der Waals surface area contributed by atoms with Gasteiger partial charge in [-0.1, -0.05) is 42.1 Å². The number of halogens is 2. The summed E-state index contributed by atoms with van der Waals surface area (Å²) in [6.45, 7) is 1.87. The van der Waals surface area contributed by atoms with E-state index in [0.29, 0.717) is 12.8 Å². The molecule has 0 saturated carbocycles. The van der Waals surface area contributed by atoms with Gasteiger partial charge in [-0.2, -0.15) is 5.10 Å². The molecule has 3 N–H and O–H groups in total. The predicted octanol–water partition coefficient (Wildman–Crippen LogP) is 3.63. The van der Waals surface area contributed by atoms with Crippen LogP contribution in [0.1, 0.15) is 30.9 Å². The third-order valence-electron chi connectivity index (χ3n) is 5.46. The van der Waals surface area contributed by atoms with Gasteiger partial charge in [0, 0.05) is 19.2 Å². The van der Waals surface area contributed by atoms with Crippen molar-refractivity contribution in [3.8, 4) is 0 Å². The van der Waals surface area contributed by atoms with Gasteiger partial charge < -0.3 is 10.5 Å². The molecule has 34 heavy (non-hydrogen) atoms. The van der Waals surface area contributed by atoms with Crippen molar-refractivity contribution in [2.45, 2.75) is 30.7 Å². The van der Waals surface area contributed by atoms with E-state index in [2.05, 4.69) is 5.10 Å². The molecule has 0 aliphatic carbocycles. The number of guanidine groups is 1. The fraction of sp³-hybridized carbons (Fsp3) is 0.348. The van der Waals surface area contributed by atoms with E-state index >= 15 is 0 Å². The number of carbonyl (C=O) groups is 1. The number of thioether (sulfide) groups is 1. The smallest absolute Gasteiger partial charge is 0.273 e. The Hall–Kier alpha value is -3.02. The first-order chi connectivity index (χ1) is 16.2. The van der Waals surface area contributed by atoms with E-state index in [1.54, 1.807) is 6.92 Å². The van der Waals surface area contributed by atoms with Crippen molar-refractivity contribution in [2.75, 3.05) is 20.8 Å². The van der Waals surface area contributed by atoms with Crippen LogP contribution in [0.25, 0.3) is 0 Å². The predicted molar refractivity (Wildman–Crippen MR) is 127 cm³/mol. The monoisotopic (exact) mass is 491 g/mol. The molecule has 0 radical (unpaired) electrons. The zero-order chi connectivity index (χ0) is 24.9. The Morgan fingerprint density at radius 3 is 2.59 bits per heavy atom. The van der Waals surface area contributed by atoms with Gasteiger partial charge in [0.1, 0.15) is 27.7 Å². The Bertz CT molecular complexity index is 1070. The fourth-order valence-corrected chi connectivity index (χ4v) is 5.05. The normalized spacial score (nSPS) is 18.5. The molecule has 11 heteroatoms. The van der Waals surface area contributed by atoms with Crippen LogP contribution in [0.3, 0.4) is 0 Å². The minimum absolute atomic E-state index is 0.0343. The summed E-state index contributed by atoms with van der Waals surface area (Å²) >= 11 is 1.17. The topological polar surface area (TPSA) is 104 Å². The molecule has 1 aliphatic rings. The van der Waals surface area contributed by atoms with Crippen LogP contribution in [0, 0.1) is 17.0 Å². The highest BCUT2D eigenvalue weighted by Gasteiger charge is 2.49. The maximum atomic E-state index is 14.7. The SMILES string of the molecule is COC(C)C(=O)N1N=C(c2cc(F)ccc2F)SC1(CCCN(OC)C(=N)N)c1ccccc1. The number of ether oxygens (including phenoxy) is 1. The van der Waals surface area contributed by atoms with Crippen molar-refractivity contribution in [2.24, 2.45) is 10.8 Å². The first-order valence-corrected chi connectivity index (χ1v) is 11.4. The van der Waals surface area contributed by atoms with Crippen LogP contribution in [-0.4, -0.2) is 53.9 Å². The van der Waals surface area contributed by atoms with Crippen LogP contribution >= 0.6 is 11.8 Å². The summed E-state index contributed by atoms with van der Waals surface area (Å²) < 4.78 is 33.9. The summed E-state index contributed by atoms with van der Waals surface area (Å²) in [6.07, 6.45) is -0.0349. The zero-order valence-electron chi connectivity index (χ0n) is 19.1. The number of nitrogens with one attached hydrogen (secondary N) is 1. The molecule has 0 fully saturated rings. The summed E-state index contributed by atoms with van der Waals surface area (Å²) in [4.78, 5) is 17.4. The Kier molecular flexibility index (Phi) is 8.24. The molecule has 2 aromatic carbocycles. The second-order valence-electron chi connectivity index (χ2n) is 7.58. The summed E-state index contributed by atoms with van der Waals surface area (Å²) in [5, 5.41) is 14.8. The first kappa shape index (κ1) is 25.6. The number of hydrazone groups is 1. The maximum Gasteiger partial charge on any atom is 0.273 e. The number of carbonyl (C=O) groups excluding carboxylic acids is 1. The van der Waals surface area contributed by atoms with Crippen LogP contribution in [0.5, 0.6) is 0 Å². The van der Waals surface area contributed by atoms with Gasteiger partial charge in [0.2, 0.25) is 5.96 Å². The summed E-state index contributed by atoms with van der Waals surface area (Å²) in [5.41, 5.74) is 6.26. The van der Waals surface area contributed by atoms with Crippen LogP contribution in [-0.2, 0) is 19.2 Å². The molecule has 1 amide bonds. The lowest BCUT2D eigenvalue weighted by atomic mass is 9.99. The number of hydrogen-bond acceptors (Lipinski definition) is 6. The lowest BCUT2D eigenvalue weighted by Gasteiger charge is -2.37. The second kappa shape index (κ2) is 10.9. The lowest BCUT2D eigenvalue weighted by molar-refractivity contribution is -0.145. The van der Waals surface area contributed by atoms with E-state index in [9.17, 15) is 13.6 Å². The van der Waals surface area contributed by atoms with E-state index in [4.69, 9.17) is 20.7 Å². The van der Waals surface area contributed by atoms with E-state index in [-0.39, 0.29) is 23.1 Å². The van der Waals surface area contributed by atoms with Crippen molar-refractivity contribution in [1.82, 2.24) is 10.1 Å². The van der Waals surface area contributed by atoms with Crippen LogP contribution in [0.4, 0.5) is 8.78 Å². The third kappa shape index (κ3) is 5.21. The Morgan fingerprint density at radius 2 is 1.97 bits per heavy atom. The van der Waals surface area contributed by atoms with Crippen molar-refractivity contribution < 1.29 is 23.1 Å². The minimum Gasteiger partial charge on any atom is -0.372 e. The lowest BCUT2D eigenvalue weighted by Crippen LogP contribution is -2.46. The summed E-state index contributed by atoms with van der Waals surface area (Å²) in [7, 11) is 2.82. The number of hydrogen-bond donors (Lipinski definition) is 2. The largest absolute Gasteiger partial charge is 0.372 e.